The molecule has 2 unspecified atom stereocenters. The van der Waals surface area contributed by atoms with E-state index in [1.165, 1.54) is 0 Å². The highest BCUT2D eigenvalue weighted by atomic mass is 32.2. The van der Waals surface area contributed by atoms with E-state index >= 15 is 0 Å². The Kier molecular flexibility index (Phi) is 6.46. The molecule has 2 heterocycles. The zero-order valence-corrected chi connectivity index (χ0v) is 18.4. The molecule has 4 rings (SSSR count). The average Bonchev–Trinajstić information content (AvgIpc) is 3.22. The van der Waals surface area contributed by atoms with Gasteiger partial charge in [-0.2, -0.15) is 5.26 Å². The fraction of sp³-hybridized carbons (Fsp3) is 0.435. The van der Waals surface area contributed by atoms with Crippen LogP contribution in [0.25, 0.3) is 0 Å². The molecule has 1 saturated heterocycles. The minimum atomic E-state index is -3.50. The monoisotopic (exact) mass is 441 g/mol. The van der Waals surface area contributed by atoms with Crippen molar-refractivity contribution in [3.63, 3.8) is 0 Å². The van der Waals surface area contributed by atoms with Gasteiger partial charge in [0.05, 0.1) is 30.2 Å². The van der Waals surface area contributed by atoms with Gasteiger partial charge in [-0.1, -0.05) is 0 Å². The third-order valence-electron chi connectivity index (χ3n) is 6.07. The zero-order chi connectivity index (χ0) is 21.8. The van der Waals surface area contributed by atoms with E-state index in [-0.39, 0.29) is 4.90 Å². The molecule has 0 aromatic heterocycles. The van der Waals surface area contributed by atoms with Crippen molar-refractivity contribution in [2.75, 3.05) is 39.9 Å². The lowest BCUT2D eigenvalue weighted by atomic mass is 9.86. The third kappa shape index (κ3) is 4.85. The van der Waals surface area contributed by atoms with Crippen LogP contribution in [0.3, 0.4) is 0 Å². The number of hydrogen-bond donors (Lipinski definition) is 1. The quantitative estimate of drug-likeness (QED) is 0.634. The predicted octanol–water partition coefficient (Wildman–Crippen LogP) is 2.73. The molecule has 0 spiro atoms. The van der Waals surface area contributed by atoms with E-state index in [0.29, 0.717) is 36.3 Å². The number of benzene rings is 2. The summed E-state index contributed by atoms with van der Waals surface area (Å²) >= 11 is 0. The van der Waals surface area contributed by atoms with E-state index in [1.807, 2.05) is 12.1 Å². The molecule has 7 nitrogen and oxygen atoms in total. The number of ether oxygens (including phenoxy) is 2. The molecule has 2 atom stereocenters. The van der Waals surface area contributed by atoms with E-state index in [2.05, 4.69) is 15.7 Å². The Bertz CT molecular complexity index is 1060. The van der Waals surface area contributed by atoms with Gasteiger partial charge in [0, 0.05) is 37.0 Å². The molecule has 0 saturated carbocycles. The standard InChI is InChI=1S/C23H27N3O4S/c1-29-19-5-7-20(8-6-19)31(27,28)25-10-2-3-11-26-14-18-16-30-23-9-4-17(13-24)12-21(23)22(18)15-26/h4-9,12,18,22,25H,2-3,10-11,14-16H2,1H3. The summed E-state index contributed by atoms with van der Waals surface area (Å²) in [4.78, 5) is 2.66. The summed E-state index contributed by atoms with van der Waals surface area (Å²) in [5.74, 6) is 2.36. The maximum Gasteiger partial charge on any atom is 0.240 e. The molecular weight excluding hydrogens is 414 g/mol. The van der Waals surface area contributed by atoms with Gasteiger partial charge < -0.3 is 14.4 Å². The minimum absolute atomic E-state index is 0.243. The Morgan fingerprint density at radius 3 is 2.74 bits per heavy atom. The summed E-state index contributed by atoms with van der Waals surface area (Å²) in [5, 5.41) is 9.20. The maximum absolute atomic E-state index is 12.4. The first kappa shape index (κ1) is 21.6. The Morgan fingerprint density at radius 1 is 1.19 bits per heavy atom. The van der Waals surface area contributed by atoms with Crippen molar-refractivity contribution < 1.29 is 17.9 Å². The molecule has 1 fully saturated rings. The van der Waals surface area contributed by atoms with Crippen LogP contribution in [0.2, 0.25) is 0 Å². The van der Waals surface area contributed by atoms with Crippen LogP contribution >= 0.6 is 0 Å². The second-order valence-corrected chi connectivity index (χ2v) is 9.85. The van der Waals surface area contributed by atoms with Crippen LogP contribution in [0, 0.1) is 17.2 Å². The first-order valence-corrected chi connectivity index (χ1v) is 12.0. The van der Waals surface area contributed by atoms with Crippen molar-refractivity contribution in [3.8, 4) is 17.6 Å². The molecule has 31 heavy (non-hydrogen) atoms. The second-order valence-electron chi connectivity index (χ2n) is 8.08. The summed E-state index contributed by atoms with van der Waals surface area (Å²) in [5.41, 5.74) is 1.82. The molecule has 2 aromatic carbocycles. The lowest BCUT2D eigenvalue weighted by Crippen LogP contribution is -2.27. The highest BCUT2D eigenvalue weighted by Gasteiger charge is 2.38. The maximum atomic E-state index is 12.4. The topological polar surface area (TPSA) is 91.7 Å². The van der Waals surface area contributed by atoms with Gasteiger partial charge in [-0.3, -0.25) is 0 Å². The molecule has 2 aliphatic rings. The molecule has 2 aromatic rings. The van der Waals surface area contributed by atoms with Crippen LogP contribution in [0.5, 0.6) is 11.5 Å². The molecule has 8 heteroatoms. The molecule has 0 radical (unpaired) electrons. The zero-order valence-electron chi connectivity index (χ0n) is 17.6. The SMILES string of the molecule is COc1ccc(S(=O)(=O)NCCCCN2CC3COc4ccc(C#N)cc4C3C2)cc1. The smallest absolute Gasteiger partial charge is 0.240 e. The van der Waals surface area contributed by atoms with Crippen molar-refractivity contribution in [1.29, 1.82) is 5.26 Å². The lowest BCUT2D eigenvalue weighted by molar-refractivity contribution is 0.212. The summed E-state index contributed by atoms with van der Waals surface area (Å²) in [6.07, 6.45) is 1.68. The van der Waals surface area contributed by atoms with Gasteiger partial charge in [0.2, 0.25) is 10.0 Å². The number of unbranched alkanes of at least 4 members (excludes halogenated alkanes) is 1. The summed E-state index contributed by atoms with van der Waals surface area (Å²) in [6, 6.07) is 14.3. The van der Waals surface area contributed by atoms with Crippen molar-refractivity contribution >= 4 is 10.0 Å². The Hall–Kier alpha value is -2.60. The third-order valence-corrected chi connectivity index (χ3v) is 7.55. The lowest BCUT2D eigenvalue weighted by Gasteiger charge is -2.27. The van der Waals surface area contributed by atoms with Crippen molar-refractivity contribution in [1.82, 2.24) is 9.62 Å². The van der Waals surface area contributed by atoms with E-state index in [0.717, 1.165) is 43.8 Å². The molecule has 164 valence electrons. The van der Waals surface area contributed by atoms with Crippen LogP contribution < -0.4 is 14.2 Å². The number of hydrogen-bond acceptors (Lipinski definition) is 6. The molecule has 2 aliphatic heterocycles. The summed E-state index contributed by atoms with van der Waals surface area (Å²) in [6.45, 7) is 3.96. The average molecular weight is 442 g/mol. The van der Waals surface area contributed by atoms with Gasteiger partial charge in [-0.15, -0.1) is 0 Å². The van der Waals surface area contributed by atoms with Crippen molar-refractivity contribution in [3.05, 3.63) is 53.6 Å². The van der Waals surface area contributed by atoms with Crippen LogP contribution in [-0.4, -0.2) is 53.2 Å². The van der Waals surface area contributed by atoms with Crippen molar-refractivity contribution in [2.24, 2.45) is 5.92 Å². The fourth-order valence-electron chi connectivity index (χ4n) is 4.41. The normalized spacial score (nSPS) is 20.4. The molecule has 1 N–H and O–H groups in total. The first-order valence-electron chi connectivity index (χ1n) is 10.5. The molecule has 0 amide bonds. The Labute approximate surface area is 183 Å². The van der Waals surface area contributed by atoms with Crippen molar-refractivity contribution in [2.45, 2.75) is 23.7 Å². The van der Waals surface area contributed by atoms with E-state index < -0.39 is 10.0 Å². The molecule has 0 aliphatic carbocycles. The van der Waals surface area contributed by atoms with Gasteiger partial charge in [0.15, 0.2) is 0 Å². The fourth-order valence-corrected chi connectivity index (χ4v) is 5.48. The number of nitrogens with zero attached hydrogens (tertiary/aromatic N) is 2. The highest BCUT2D eigenvalue weighted by molar-refractivity contribution is 7.89. The number of rotatable bonds is 8. The van der Waals surface area contributed by atoms with Crippen LogP contribution in [0.4, 0.5) is 0 Å². The summed E-state index contributed by atoms with van der Waals surface area (Å²) in [7, 11) is -1.96. The number of nitrogens with one attached hydrogen (secondary N) is 1. The van der Waals surface area contributed by atoms with E-state index in [9.17, 15) is 13.7 Å². The summed E-state index contributed by atoms with van der Waals surface area (Å²) < 4.78 is 38.4. The van der Waals surface area contributed by atoms with Gasteiger partial charge >= 0.3 is 0 Å². The number of nitriles is 1. The van der Waals surface area contributed by atoms with Crippen LogP contribution in [0.1, 0.15) is 29.9 Å². The van der Waals surface area contributed by atoms with E-state index in [1.54, 1.807) is 37.4 Å². The Morgan fingerprint density at radius 2 is 2.00 bits per heavy atom. The minimum Gasteiger partial charge on any atom is -0.497 e. The number of methoxy groups -OCH3 is 1. The van der Waals surface area contributed by atoms with Gasteiger partial charge in [-0.05, 0) is 61.9 Å². The van der Waals surface area contributed by atoms with Crippen LogP contribution in [-0.2, 0) is 10.0 Å². The van der Waals surface area contributed by atoms with E-state index in [4.69, 9.17) is 9.47 Å². The van der Waals surface area contributed by atoms with Gasteiger partial charge in [0.1, 0.15) is 11.5 Å². The number of fused-ring (bicyclic) bond motifs is 3. The van der Waals surface area contributed by atoms with Crippen LogP contribution in [0.15, 0.2) is 47.4 Å². The highest BCUT2D eigenvalue weighted by Crippen LogP contribution is 2.41. The van der Waals surface area contributed by atoms with Gasteiger partial charge in [0.25, 0.3) is 0 Å². The first-order chi connectivity index (χ1) is 15.0. The second kappa shape index (κ2) is 9.27. The Balaban J connectivity index is 1.24. The predicted molar refractivity (Wildman–Crippen MR) is 117 cm³/mol. The molecular formula is C23H27N3O4S. The molecule has 0 bridgehead atoms. The number of sulfonamides is 1. The largest absolute Gasteiger partial charge is 0.497 e. The number of likely N-dealkylation sites (tertiary alicyclic amines) is 1. The van der Waals surface area contributed by atoms with Gasteiger partial charge in [-0.25, -0.2) is 13.1 Å².